The number of nitro groups is 1. The molecule has 3 unspecified atom stereocenters. The Balaban J connectivity index is 1.45. The summed E-state index contributed by atoms with van der Waals surface area (Å²) in [4.78, 5) is 35.2. The zero-order valence-corrected chi connectivity index (χ0v) is 24.2. The van der Waals surface area contributed by atoms with Crippen LogP contribution < -0.4 is 15.4 Å². The molecule has 2 bridgehead atoms. The van der Waals surface area contributed by atoms with E-state index in [0.29, 0.717) is 24.1 Å². The largest absolute Gasteiger partial charge is 0.480 e. The zero-order valence-electron chi connectivity index (χ0n) is 23.4. The summed E-state index contributed by atoms with van der Waals surface area (Å²) in [6, 6.07) is 12.7. The summed E-state index contributed by atoms with van der Waals surface area (Å²) in [5.41, 5.74) is 1.32. The van der Waals surface area contributed by atoms with Gasteiger partial charge in [-0.25, -0.2) is 13.1 Å². The average molecular weight is 595 g/mol. The van der Waals surface area contributed by atoms with Crippen LogP contribution in [-0.2, 0) is 26.0 Å². The van der Waals surface area contributed by atoms with Crippen molar-refractivity contribution in [3.8, 4) is 23.5 Å². The number of terminal acetylenes is 1. The van der Waals surface area contributed by atoms with E-state index < -0.39 is 43.5 Å². The summed E-state index contributed by atoms with van der Waals surface area (Å²) in [6.07, 6.45) is 7.59. The number of aliphatic carboxylic acids is 1. The molecule has 3 atom stereocenters. The maximum atomic E-state index is 13.2. The molecular formula is C30H34N4O7S. The fourth-order valence-corrected chi connectivity index (χ4v) is 8.27. The van der Waals surface area contributed by atoms with Crippen molar-refractivity contribution in [1.29, 1.82) is 0 Å². The highest BCUT2D eigenvalue weighted by molar-refractivity contribution is 7.89. The van der Waals surface area contributed by atoms with Crippen molar-refractivity contribution in [1.82, 2.24) is 10.0 Å². The van der Waals surface area contributed by atoms with E-state index in [4.69, 9.17) is 6.42 Å². The Labute approximate surface area is 245 Å². The van der Waals surface area contributed by atoms with E-state index >= 15 is 0 Å². The Bertz CT molecular complexity index is 1560. The molecule has 4 N–H and O–H groups in total. The quantitative estimate of drug-likeness (QED) is 0.154. The van der Waals surface area contributed by atoms with Gasteiger partial charge in [0.25, 0.3) is 6.20 Å². The lowest BCUT2D eigenvalue weighted by molar-refractivity contribution is -0.403. The molecule has 2 aromatic rings. The number of Topliss-reactive ketones (excluding diaryl/α,β-unsaturated/α-hetero) is 1. The van der Waals surface area contributed by atoms with Crippen LogP contribution in [0.4, 0.5) is 5.69 Å². The lowest BCUT2D eigenvalue weighted by Crippen LogP contribution is -2.49. The molecule has 42 heavy (non-hydrogen) atoms. The number of hydrogen-bond acceptors (Lipinski definition) is 8. The van der Waals surface area contributed by atoms with Crippen LogP contribution in [0.1, 0.15) is 38.7 Å². The summed E-state index contributed by atoms with van der Waals surface area (Å²) in [5, 5.41) is 26.4. The minimum Gasteiger partial charge on any atom is -0.480 e. The van der Waals surface area contributed by atoms with Gasteiger partial charge in [0.15, 0.2) is 5.82 Å². The van der Waals surface area contributed by atoms with E-state index in [0.717, 1.165) is 23.7 Å². The van der Waals surface area contributed by atoms with Crippen LogP contribution in [0.3, 0.4) is 0 Å². The van der Waals surface area contributed by atoms with E-state index in [9.17, 15) is 33.2 Å². The summed E-state index contributed by atoms with van der Waals surface area (Å²) in [6.45, 7) is 3.97. The Morgan fingerprint density at radius 3 is 2.52 bits per heavy atom. The van der Waals surface area contributed by atoms with E-state index in [-0.39, 0.29) is 30.5 Å². The van der Waals surface area contributed by atoms with Crippen molar-refractivity contribution in [3.63, 3.8) is 0 Å². The molecule has 4 rings (SSSR count). The Morgan fingerprint density at radius 2 is 1.95 bits per heavy atom. The standard InChI is InChI=1S/C30H34N4O7S/c1-4-14-31-27(18-34(38)39)32-24-7-5-6-22(16-24)21-10-8-20(9-11-21)15-25(28(36)37)33-42(40,41)19-30-13-12-23(17-26(30)35)29(30,2)3/h1,5-11,16,18,23,25,31-33H,12-15,17,19H2,2-3H3,(H,36,37)/b27-18+. The Kier molecular flexibility index (Phi) is 8.75. The minimum absolute atomic E-state index is 0.0512. The van der Waals surface area contributed by atoms with Crippen LogP contribution in [-0.4, -0.2) is 48.5 Å². The lowest BCUT2D eigenvalue weighted by Gasteiger charge is -2.36. The molecule has 11 nitrogen and oxygen atoms in total. The summed E-state index contributed by atoms with van der Waals surface area (Å²) >= 11 is 0. The monoisotopic (exact) mass is 594 g/mol. The molecule has 0 heterocycles. The molecule has 2 aliphatic rings. The summed E-state index contributed by atoms with van der Waals surface area (Å²) in [5.74, 6) is 0.861. The van der Waals surface area contributed by atoms with E-state index in [2.05, 4.69) is 21.3 Å². The number of ketones is 1. The van der Waals surface area contributed by atoms with Crippen molar-refractivity contribution in [2.45, 2.75) is 45.6 Å². The van der Waals surface area contributed by atoms with Gasteiger partial charge in [0.1, 0.15) is 11.8 Å². The number of carbonyl (C=O) groups excluding carboxylic acids is 1. The fourth-order valence-electron chi connectivity index (χ4n) is 6.25. The lowest BCUT2D eigenvalue weighted by atomic mass is 9.70. The van der Waals surface area contributed by atoms with Gasteiger partial charge in [-0.2, -0.15) is 0 Å². The molecule has 0 amide bonds. The molecule has 2 aromatic carbocycles. The van der Waals surface area contributed by atoms with Gasteiger partial charge in [-0.05, 0) is 59.4 Å². The number of benzene rings is 2. The van der Waals surface area contributed by atoms with E-state index in [1.165, 1.54) is 0 Å². The van der Waals surface area contributed by atoms with Crippen LogP contribution >= 0.6 is 0 Å². The first-order valence-corrected chi connectivity index (χ1v) is 15.2. The van der Waals surface area contributed by atoms with Gasteiger partial charge in [0.2, 0.25) is 10.0 Å². The third-order valence-corrected chi connectivity index (χ3v) is 10.2. The number of sulfonamides is 1. The third kappa shape index (κ3) is 6.48. The van der Waals surface area contributed by atoms with Gasteiger partial charge >= 0.3 is 5.97 Å². The van der Waals surface area contributed by atoms with Crippen LogP contribution in [0, 0.1) is 39.2 Å². The zero-order chi connectivity index (χ0) is 30.7. The molecule has 0 aromatic heterocycles. The predicted molar refractivity (Wildman–Crippen MR) is 158 cm³/mol. The van der Waals surface area contributed by atoms with Crippen molar-refractivity contribution < 1.29 is 28.0 Å². The molecular weight excluding hydrogens is 560 g/mol. The summed E-state index contributed by atoms with van der Waals surface area (Å²) < 4.78 is 28.7. The first-order valence-electron chi connectivity index (χ1n) is 13.5. The van der Waals surface area contributed by atoms with E-state index in [1.807, 2.05) is 19.9 Å². The molecule has 0 radical (unpaired) electrons. The van der Waals surface area contributed by atoms with Crippen LogP contribution in [0.5, 0.6) is 0 Å². The van der Waals surface area contributed by atoms with Crippen LogP contribution in [0.15, 0.2) is 60.6 Å². The van der Waals surface area contributed by atoms with Gasteiger partial charge in [-0.1, -0.05) is 56.2 Å². The van der Waals surface area contributed by atoms with Crippen LogP contribution in [0.25, 0.3) is 11.1 Å². The highest BCUT2D eigenvalue weighted by Crippen LogP contribution is 2.64. The van der Waals surface area contributed by atoms with Gasteiger partial charge in [-0.3, -0.25) is 19.7 Å². The number of fused-ring (bicyclic) bond motifs is 2. The van der Waals surface area contributed by atoms with Crippen molar-refractivity contribution in [3.05, 3.63) is 76.2 Å². The molecule has 2 fully saturated rings. The number of carbonyl (C=O) groups is 2. The van der Waals surface area contributed by atoms with Crippen LogP contribution in [0.2, 0.25) is 0 Å². The number of carboxylic acids is 1. The number of nitrogens with zero attached hydrogens (tertiary/aromatic N) is 1. The minimum atomic E-state index is -4.08. The fraction of sp³-hybridized carbons (Fsp3) is 0.400. The molecule has 2 saturated carbocycles. The number of nitrogens with one attached hydrogen (secondary N) is 3. The molecule has 12 heteroatoms. The van der Waals surface area contributed by atoms with Gasteiger partial charge in [-0.15, -0.1) is 6.42 Å². The number of hydrogen-bond donors (Lipinski definition) is 4. The first-order chi connectivity index (χ1) is 19.8. The summed E-state index contributed by atoms with van der Waals surface area (Å²) in [7, 11) is -4.08. The molecule has 0 aliphatic heterocycles. The molecule has 0 saturated heterocycles. The highest BCUT2D eigenvalue weighted by atomic mass is 32.2. The Morgan fingerprint density at radius 1 is 1.24 bits per heavy atom. The molecule has 0 spiro atoms. The number of carboxylic acid groups (broad SMARTS) is 1. The second-order valence-corrected chi connectivity index (χ2v) is 13.2. The smallest absolute Gasteiger partial charge is 0.322 e. The highest BCUT2D eigenvalue weighted by Gasteiger charge is 2.65. The molecule has 2 aliphatic carbocycles. The Hall–Kier alpha value is -4.21. The predicted octanol–water partition coefficient (Wildman–Crippen LogP) is 3.37. The van der Waals surface area contributed by atoms with Gasteiger partial charge < -0.3 is 15.7 Å². The van der Waals surface area contributed by atoms with Crippen molar-refractivity contribution in [2.24, 2.45) is 16.7 Å². The molecule has 222 valence electrons. The maximum Gasteiger partial charge on any atom is 0.322 e. The average Bonchev–Trinajstić information content (AvgIpc) is 3.25. The number of rotatable bonds is 13. The normalized spacial score (nSPS) is 21.9. The van der Waals surface area contributed by atoms with E-state index in [1.54, 1.807) is 42.5 Å². The van der Waals surface area contributed by atoms with Gasteiger partial charge in [0, 0.05) is 17.5 Å². The second kappa shape index (κ2) is 12.0. The third-order valence-electron chi connectivity index (χ3n) is 8.68. The van der Waals surface area contributed by atoms with Gasteiger partial charge in [0.05, 0.1) is 17.2 Å². The first kappa shape index (κ1) is 30.7. The second-order valence-electron chi connectivity index (χ2n) is 11.4. The van der Waals surface area contributed by atoms with Crippen molar-refractivity contribution in [2.75, 3.05) is 17.6 Å². The SMILES string of the molecule is C#CCN/C(=C\[N+](=O)[O-])Nc1cccc(-c2ccc(CC(NS(=O)(=O)CC34CCC(CC3=O)C4(C)C)C(=O)O)cc2)c1. The number of anilines is 1. The maximum absolute atomic E-state index is 13.2. The van der Waals surface area contributed by atoms with Crippen molar-refractivity contribution >= 4 is 27.5 Å². The topological polar surface area (TPSA) is 168 Å².